The number of primary amides is 1. The molecule has 0 aliphatic heterocycles. The lowest BCUT2D eigenvalue weighted by Gasteiger charge is -2.44. The van der Waals surface area contributed by atoms with E-state index in [1.165, 1.54) is 39.5 Å². The summed E-state index contributed by atoms with van der Waals surface area (Å²) in [5.41, 5.74) is 3.97. The topological polar surface area (TPSA) is 80.0 Å². The highest BCUT2D eigenvalue weighted by molar-refractivity contribution is 6.48. The van der Waals surface area contributed by atoms with Gasteiger partial charge in [-0.15, -0.1) is 0 Å². The second-order valence-electron chi connectivity index (χ2n) is 10.6. The minimum atomic E-state index is -4.56. The highest BCUT2D eigenvalue weighted by Crippen LogP contribution is 2.46. The number of hydrogen-bond acceptors (Lipinski definition) is 5. The summed E-state index contributed by atoms with van der Waals surface area (Å²) in [6.45, 7) is 10.6. The average Bonchev–Trinajstić information content (AvgIpc) is 2.80. The van der Waals surface area contributed by atoms with Gasteiger partial charge in [0.1, 0.15) is 11.9 Å². The molecule has 3 unspecified atom stereocenters. The molecule has 10 heteroatoms. The van der Waals surface area contributed by atoms with Gasteiger partial charge in [0.25, 0.3) is 0 Å². The number of alkyl halides is 3. The lowest BCUT2D eigenvalue weighted by molar-refractivity contribution is -0.137. The second kappa shape index (κ2) is 12.1. The first-order chi connectivity index (χ1) is 17.1. The van der Waals surface area contributed by atoms with E-state index in [0.29, 0.717) is 18.6 Å². The van der Waals surface area contributed by atoms with E-state index in [1.807, 2.05) is 0 Å². The monoisotopic (exact) mass is 543 g/mol. The fraction of sp³-hybridized carbons (Fsp3) is 0.593. The van der Waals surface area contributed by atoms with Gasteiger partial charge >= 0.3 is 6.18 Å². The summed E-state index contributed by atoms with van der Waals surface area (Å²) in [4.78, 5) is 12.5. The van der Waals surface area contributed by atoms with E-state index in [4.69, 9.17) is 24.4 Å². The van der Waals surface area contributed by atoms with E-state index < -0.39 is 38.4 Å². The molecule has 6 nitrogen and oxygen atoms in total. The molecule has 2 rings (SSSR count). The summed E-state index contributed by atoms with van der Waals surface area (Å²) in [7, 11) is 3.07. The van der Waals surface area contributed by atoms with E-state index in [-0.39, 0.29) is 28.2 Å². The third-order valence-electron chi connectivity index (χ3n) is 6.67. The highest BCUT2D eigenvalue weighted by atomic mass is 28.3. The van der Waals surface area contributed by atoms with Crippen LogP contribution in [0.3, 0.4) is 0 Å². The van der Waals surface area contributed by atoms with Crippen molar-refractivity contribution in [2.24, 2.45) is 11.1 Å². The van der Waals surface area contributed by atoms with Gasteiger partial charge in [-0.25, -0.2) is 0 Å². The van der Waals surface area contributed by atoms with Crippen molar-refractivity contribution < 1.29 is 36.6 Å². The second-order valence-corrected chi connectivity index (χ2v) is 13.0. The number of methoxy groups -OCH3 is 3. The van der Waals surface area contributed by atoms with Crippen molar-refractivity contribution in [3.63, 3.8) is 0 Å². The van der Waals surface area contributed by atoms with Gasteiger partial charge in [-0.05, 0) is 61.5 Å². The number of rotatable bonds is 11. The molecule has 0 spiro atoms. The zero-order chi connectivity index (χ0) is 28.2. The quantitative estimate of drug-likeness (QED) is 0.374. The average molecular weight is 544 g/mol. The van der Waals surface area contributed by atoms with Crippen molar-refractivity contribution >= 4 is 20.5 Å². The van der Waals surface area contributed by atoms with Crippen molar-refractivity contribution in [2.45, 2.75) is 77.1 Å². The maximum atomic E-state index is 13.5. The van der Waals surface area contributed by atoms with Gasteiger partial charge in [0, 0.05) is 31.5 Å². The summed E-state index contributed by atoms with van der Waals surface area (Å²) >= 11 is 0. The van der Waals surface area contributed by atoms with Gasteiger partial charge in [0.15, 0.2) is 14.6 Å². The van der Waals surface area contributed by atoms with Crippen molar-refractivity contribution in [2.75, 3.05) is 21.3 Å². The Kier molecular flexibility index (Phi) is 10.2. The molecule has 0 heterocycles. The third-order valence-corrected chi connectivity index (χ3v) is 7.54. The van der Waals surface area contributed by atoms with Crippen LogP contribution in [0.2, 0.25) is 13.1 Å². The fourth-order valence-corrected chi connectivity index (χ4v) is 6.10. The zero-order valence-corrected chi connectivity index (χ0v) is 24.1. The minimum Gasteiger partial charge on any atom is -0.498 e. The highest BCUT2D eigenvalue weighted by Gasteiger charge is 2.50. The van der Waals surface area contributed by atoms with Crippen LogP contribution in [-0.4, -0.2) is 54.1 Å². The van der Waals surface area contributed by atoms with Crippen LogP contribution in [-0.2, 0) is 29.6 Å². The molecule has 1 aliphatic rings. The molecular formula is C27H40F3NO5Si. The number of ether oxygens (including phenoxy) is 3. The third kappa shape index (κ3) is 7.04. The Labute approximate surface area is 219 Å². The van der Waals surface area contributed by atoms with E-state index in [2.05, 4.69) is 33.9 Å². The molecule has 0 saturated carbocycles. The van der Waals surface area contributed by atoms with Gasteiger partial charge in [0.05, 0.1) is 12.7 Å². The Morgan fingerprint density at radius 3 is 2.27 bits per heavy atom. The molecule has 37 heavy (non-hydrogen) atoms. The van der Waals surface area contributed by atoms with Crippen LogP contribution >= 0.6 is 0 Å². The predicted octanol–water partition coefficient (Wildman–Crippen LogP) is 5.47. The van der Waals surface area contributed by atoms with Crippen LogP contribution in [0.5, 0.6) is 0 Å². The molecule has 0 radical (unpaired) electrons. The molecule has 2 N–H and O–H groups in total. The first-order valence-electron chi connectivity index (χ1n) is 12.3. The van der Waals surface area contributed by atoms with Gasteiger partial charge < -0.3 is 24.4 Å². The van der Waals surface area contributed by atoms with Gasteiger partial charge in [-0.1, -0.05) is 32.9 Å². The molecule has 1 aromatic rings. The van der Waals surface area contributed by atoms with E-state index in [0.717, 1.165) is 18.6 Å². The molecular weight excluding hydrogens is 503 g/mol. The van der Waals surface area contributed by atoms with Crippen LogP contribution in [0.25, 0.3) is 5.57 Å². The molecule has 1 aromatic carbocycles. The number of halogens is 3. The fourth-order valence-electron chi connectivity index (χ4n) is 4.90. The SMILES string of the molecule is COC1=CC(C(N)=O)=C(c2cccc(C(F)(F)F)c2)C(OC)C1(CCCC(O[SiH](C)C)C(C)(C)C)OC. The van der Waals surface area contributed by atoms with E-state index >= 15 is 0 Å². The smallest absolute Gasteiger partial charge is 0.416 e. The lowest BCUT2D eigenvalue weighted by atomic mass is 9.74. The number of hydrogen-bond donors (Lipinski definition) is 1. The first-order valence-corrected chi connectivity index (χ1v) is 15.1. The van der Waals surface area contributed by atoms with Crippen LogP contribution in [0.15, 0.2) is 41.7 Å². The first kappa shape index (κ1) is 31.1. The van der Waals surface area contributed by atoms with Crippen LogP contribution in [0.1, 0.15) is 51.2 Å². The molecule has 0 fully saturated rings. The van der Waals surface area contributed by atoms with Crippen molar-refractivity contribution in [3.8, 4) is 0 Å². The molecule has 1 amide bonds. The number of amides is 1. The zero-order valence-electron chi connectivity index (χ0n) is 23.0. The van der Waals surface area contributed by atoms with Gasteiger partial charge in [-0.3, -0.25) is 4.79 Å². The maximum absolute atomic E-state index is 13.5. The minimum absolute atomic E-state index is 0.0115. The number of carbonyl (C=O) groups excluding carboxylic acids is 1. The lowest BCUT2D eigenvalue weighted by Crippen LogP contribution is -2.51. The summed E-state index contributed by atoms with van der Waals surface area (Å²) in [6.07, 6.45) is -2.25. The Balaban J connectivity index is 2.60. The number of carbonyl (C=O) groups is 1. The number of nitrogens with two attached hydrogens (primary N) is 1. The van der Waals surface area contributed by atoms with E-state index in [1.54, 1.807) is 0 Å². The van der Waals surface area contributed by atoms with Crippen molar-refractivity contribution in [3.05, 3.63) is 52.8 Å². The Morgan fingerprint density at radius 1 is 1.16 bits per heavy atom. The summed E-state index contributed by atoms with van der Waals surface area (Å²) < 4.78 is 64.5. The standard InChI is InChI=1S/C27H40F3NO5Si/c1-25(2,3)20(36-37(7)8)13-10-14-26(35-6)21(33-4)16-19(24(31)32)22(23(26)34-5)17-11-9-12-18(15-17)27(28,29)30/h9,11-12,15-16,20,23,37H,10,13-14H2,1-8H3,(H2,31,32). The normalized spacial score (nSPS) is 21.7. The maximum Gasteiger partial charge on any atom is 0.416 e. The van der Waals surface area contributed by atoms with Crippen LogP contribution < -0.4 is 5.73 Å². The molecule has 0 aromatic heterocycles. The predicted molar refractivity (Wildman–Crippen MR) is 140 cm³/mol. The van der Waals surface area contributed by atoms with Crippen molar-refractivity contribution in [1.82, 2.24) is 0 Å². The molecule has 3 atom stereocenters. The Morgan fingerprint density at radius 2 is 1.81 bits per heavy atom. The molecule has 0 saturated heterocycles. The van der Waals surface area contributed by atoms with Crippen LogP contribution in [0, 0.1) is 5.41 Å². The Bertz CT molecular complexity index is 1020. The summed E-state index contributed by atoms with van der Waals surface area (Å²) in [5, 5.41) is 0. The van der Waals surface area contributed by atoms with Gasteiger partial charge in [-0.2, -0.15) is 13.2 Å². The number of benzene rings is 1. The van der Waals surface area contributed by atoms with E-state index in [9.17, 15) is 18.0 Å². The van der Waals surface area contributed by atoms with Crippen molar-refractivity contribution in [1.29, 1.82) is 0 Å². The Hall–Kier alpha value is -2.14. The summed E-state index contributed by atoms with van der Waals surface area (Å²) in [5.74, 6) is -0.491. The van der Waals surface area contributed by atoms with Crippen LogP contribution in [0.4, 0.5) is 13.2 Å². The molecule has 0 bridgehead atoms. The molecule has 1 aliphatic carbocycles. The summed E-state index contributed by atoms with van der Waals surface area (Å²) in [6, 6.07) is 4.76. The van der Waals surface area contributed by atoms with Gasteiger partial charge in [0.2, 0.25) is 5.91 Å². The molecule has 208 valence electrons. The largest absolute Gasteiger partial charge is 0.498 e.